The molecule has 0 saturated carbocycles. The molecule has 14 nitrogen and oxygen atoms in total. The average molecular weight is 673 g/mol. The molecule has 1 aliphatic heterocycles. The van der Waals surface area contributed by atoms with Gasteiger partial charge >= 0.3 is 16.3 Å². The Morgan fingerprint density at radius 2 is 1.47 bits per heavy atom. The van der Waals surface area contributed by atoms with Gasteiger partial charge in [-0.2, -0.15) is 30.0 Å². The molecule has 242 valence electrons. The van der Waals surface area contributed by atoms with E-state index < -0.39 is 49.4 Å². The zero-order chi connectivity index (χ0) is 33.2. The van der Waals surface area contributed by atoms with E-state index in [1.165, 1.54) is 9.80 Å². The highest BCUT2D eigenvalue weighted by atomic mass is 32.2. The number of alkyl halides is 3. The van der Waals surface area contributed by atoms with Crippen molar-refractivity contribution >= 4 is 43.7 Å². The van der Waals surface area contributed by atoms with Gasteiger partial charge in [0, 0.05) is 61.1 Å². The van der Waals surface area contributed by atoms with Crippen LogP contribution in [-0.4, -0.2) is 87.8 Å². The number of carbonyl (C=O) groups excluding carboxylic acids is 2. The first-order valence-corrected chi connectivity index (χ1v) is 16.5. The molecule has 2 heterocycles. The number of guanidine groups is 1. The molecule has 45 heavy (non-hydrogen) atoms. The number of hydrogen-bond acceptors (Lipinski definition) is 10. The highest BCUT2D eigenvalue weighted by Gasteiger charge is 2.38. The summed E-state index contributed by atoms with van der Waals surface area (Å²) in [5.41, 5.74) is 4.49. The lowest BCUT2D eigenvalue weighted by Gasteiger charge is -2.37. The van der Waals surface area contributed by atoms with Crippen LogP contribution in [0.15, 0.2) is 72.1 Å². The Morgan fingerprint density at radius 1 is 0.889 bits per heavy atom. The van der Waals surface area contributed by atoms with Crippen LogP contribution in [-0.2, 0) is 35.0 Å². The van der Waals surface area contributed by atoms with E-state index in [-0.39, 0.29) is 42.8 Å². The summed E-state index contributed by atoms with van der Waals surface area (Å²) in [6.07, 6.45) is -0.186. The minimum atomic E-state index is -4.97. The third kappa shape index (κ3) is 8.52. The van der Waals surface area contributed by atoms with Gasteiger partial charge < -0.3 is 20.1 Å². The van der Waals surface area contributed by atoms with Crippen molar-refractivity contribution in [2.75, 3.05) is 43.6 Å². The molecule has 1 saturated heterocycles. The molecule has 2 N–H and O–H groups in total. The van der Waals surface area contributed by atoms with Crippen LogP contribution in [0, 0.1) is 0 Å². The summed E-state index contributed by atoms with van der Waals surface area (Å²) in [5.74, 6) is -3.03. The van der Waals surface area contributed by atoms with Crippen LogP contribution in [0.2, 0.25) is 0 Å². The van der Waals surface area contributed by atoms with Gasteiger partial charge in [-0.25, -0.2) is 0 Å². The van der Waals surface area contributed by atoms with Crippen molar-refractivity contribution in [3.8, 4) is 5.69 Å². The number of piperazine rings is 1. The molecule has 0 bridgehead atoms. The Bertz CT molecular complexity index is 1810. The molecule has 1 aliphatic rings. The number of rotatable bonds is 8. The van der Waals surface area contributed by atoms with Crippen LogP contribution in [0.25, 0.3) is 5.69 Å². The highest BCUT2D eigenvalue weighted by molar-refractivity contribution is 7.86. The molecule has 19 heteroatoms. The molecule has 0 atom stereocenters. The zero-order valence-corrected chi connectivity index (χ0v) is 25.3. The van der Waals surface area contributed by atoms with Gasteiger partial charge in [-0.1, -0.05) is 0 Å². The fraction of sp³-hybridized carbons (Fsp3) is 0.269. The quantitative estimate of drug-likeness (QED) is 0.212. The van der Waals surface area contributed by atoms with Crippen LogP contribution in [0.3, 0.4) is 0 Å². The van der Waals surface area contributed by atoms with Crippen LogP contribution in [0.5, 0.6) is 0 Å². The number of carbonyl (C=O) groups is 2. The standard InChI is InChI=1S/C26H27F3N6O8S2/c1-44(38,39)42-31-25(30)35(43-45(2,40)41)24(37)19-7-10-22(21(17-19)26(27,28)29)33-13-15-34(16-14-33)23(36)18-5-8-20(9-6-18)32-11-3-4-12-32/h3-12,17H,13-16H2,1-2H3,(H2,30,31). The van der Waals surface area contributed by atoms with E-state index in [2.05, 4.69) is 13.7 Å². The van der Waals surface area contributed by atoms with Gasteiger partial charge in [-0.05, 0) is 59.8 Å². The van der Waals surface area contributed by atoms with E-state index in [4.69, 9.17) is 5.73 Å². The average Bonchev–Trinajstić information content (AvgIpc) is 3.52. The molecule has 0 radical (unpaired) electrons. The number of benzene rings is 2. The molecule has 2 aromatic carbocycles. The predicted octanol–water partition coefficient (Wildman–Crippen LogP) is 2.00. The van der Waals surface area contributed by atoms with Gasteiger partial charge in [-0.15, -0.1) is 9.35 Å². The number of halogens is 3. The second-order valence-electron chi connectivity index (χ2n) is 9.75. The highest BCUT2D eigenvalue weighted by Crippen LogP contribution is 2.38. The van der Waals surface area contributed by atoms with E-state index in [1.54, 1.807) is 24.3 Å². The van der Waals surface area contributed by atoms with Crippen molar-refractivity contribution in [2.24, 2.45) is 10.9 Å². The summed E-state index contributed by atoms with van der Waals surface area (Å²) in [6.45, 7) is 0.295. The van der Waals surface area contributed by atoms with E-state index in [0.29, 0.717) is 24.1 Å². The molecule has 2 amide bonds. The van der Waals surface area contributed by atoms with Crippen LogP contribution in [0.1, 0.15) is 26.3 Å². The molecule has 1 fully saturated rings. The second kappa shape index (κ2) is 12.8. The van der Waals surface area contributed by atoms with Gasteiger partial charge in [0.25, 0.3) is 27.9 Å². The number of aromatic nitrogens is 1. The molecule has 0 aliphatic carbocycles. The number of oxime groups is 1. The first-order chi connectivity index (χ1) is 20.9. The van der Waals surface area contributed by atoms with Crippen molar-refractivity contribution < 1.29 is 48.2 Å². The number of hydroxylamine groups is 2. The molecular weight excluding hydrogens is 645 g/mol. The van der Waals surface area contributed by atoms with Crippen molar-refractivity contribution in [1.82, 2.24) is 14.5 Å². The molecular formula is C26H27F3N6O8S2. The van der Waals surface area contributed by atoms with E-state index in [9.17, 15) is 39.6 Å². The summed E-state index contributed by atoms with van der Waals surface area (Å²) in [5, 5.41) is 2.69. The Morgan fingerprint density at radius 3 is 2.00 bits per heavy atom. The van der Waals surface area contributed by atoms with E-state index in [0.717, 1.165) is 17.8 Å². The van der Waals surface area contributed by atoms with Gasteiger partial charge in [0.2, 0.25) is 0 Å². The Hall–Kier alpha value is -4.62. The lowest BCUT2D eigenvalue weighted by atomic mass is 10.1. The lowest BCUT2D eigenvalue weighted by Crippen LogP contribution is -2.49. The maximum atomic E-state index is 14.2. The summed E-state index contributed by atoms with van der Waals surface area (Å²) in [7, 11) is -8.76. The predicted molar refractivity (Wildman–Crippen MR) is 155 cm³/mol. The van der Waals surface area contributed by atoms with Gasteiger partial charge in [0.05, 0.1) is 18.1 Å². The second-order valence-corrected chi connectivity index (χ2v) is 12.9. The Kier molecular flexibility index (Phi) is 9.45. The number of amides is 2. The molecule has 3 aromatic rings. The monoisotopic (exact) mass is 672 g/mol. The first kappa shape index (κ1) is 33.3. The summed E-state index contributed by atoms with van der Waals surface area (Å²) in [4.78, 5) is 29.0. The minimum Gasteiger partial charge on any atom is -0.367 e. The minimum absolute atomic E-state index is 0.0370. The van der Waals surface area contributed by atoms with Gasteiger partial charge in [0.15, 0.2) is 0 Å². The third-order valence-corrected chi connectivity index (χ3v) is 7.11. The molecule has 1 aromatic heterocycles. The number of nitrogens with two attached hydrogens (primary N) is 1. The van der Waals surface area contributed by atoms with Crippen LogP contribution < -0.4 is 10.6 Å². The Balaban J connectivity index is 1.53. The van der Waals surface area contributed by atoms with Crippen molar-refractivity contribution in [3.63, 3.8) is 0 Å². The molecule has 0 unspecified atom stereocenters. The largest absolute Gasteiger partial charge is 0.418 e. The van der Waals surface area contributed by atoms with E-state index >= 15 is 0 Å². The normalized spacial score (nSPS) is 14.7. The van der Waals surface area contributed by atoms with Gasteiger partial charge in [-0.3, -0.25) is 13.9 Å². The lowest BCUT2D eigenvalue weighted by molar-refractivity contribution is -0.137. The summed E-state index contributed by atoms with van der Waals surface area (Å²) >= 11 is 0. The van der Waals surface area contributed by atoms with E-state index in [1.807, 2.05) is 29.1 Å². The molecule has 0 spiro atoms. The number of anilines is 1. The smallest absolute Gasteiger partial charge is 0.367 e. The van der Waals surface area contributed by atoms with Crippen LogP contribution >= 0.6 is 0 Å². The summed E-state index contributed by atoms with van der Waals surface area (Å²) < 4.78 is 98.8. The van der Waals surface area contributed by atoms with Crippen molar-refractivity contribution in [2.45, 2.75) is 6.18 Å². The Labute approximate surface area is 256 Å². The molecule has 4 rings (SSSR count). The zero-order valence-electron chi connectivity index (χ0n) is 23.7. The third-order valence-electron chi connectivity index (χ3n) is 6.34. The fourth-order valence-corrected chi connectivity index (χ4v) is 4.99. The topological polar surface area (TPSA) is 174 Å². The maximum Gasteiger partial charge on any atom is 0.418 e. The van der Waals surface area contributed by atoms with Crippen molar-refractivity contribution in [1.29, 1.82) is 0 Å². The number of nitrogens with zero attached hydrogens (tertiary/aromatic N) is 5. The number of hydrogen-bond donors (Lipinski definition) is 1. The van der Waals surface area contributed by atoms with Gasteiger partial charge in [0.1, 0.15) is 0 Å². The fourth-order valence-electron chi connectivity index (χ4n) is 4.36. The SMILES string of the molecule is CS(=O)(=O)O/N=C(\N)N(OS(C)(=O)=O)C(=O)c1ccc(N2CCN(C(=O)c3ccc(-n4cccc4)cc3)CC2)c(C(F)(F)F)c1. The summed E-state index contributed by atoms with van der Waals surface area (Å²) in [6, 6.07) is 13.1. The van der Waals surface area contributed by atoms with Crippen molar-refractivity contribution in [3.05, 3.63) is 83.7 Å². The maximum absolute atomic E-state index is 14.2. The van der Waals surface area contributed by atoms with Crippen LogP contribution in [0.4, 0.5) is 18.9 Å². The first-order valence-electron chi connectivity index (χ1n) is 12.9.